The zero-order valence-electron chi connectivity index (χ0n) is 11.8. The lowest BCUT2D eigenvalue weighted by atomic mass is 9.79. The fourth-order valence-corrected chi connectivity index (χ4v) is 3.40. The second kappa shape index (κ2) is 5.49. The van der Waals surface area contributed by atoms with Gasteiger partial charge in [-0.25, -0.2) is 0 Å². The van der Waals surface area contributed by atoms with Crippen molar-refractivity contribution in [3.8, 4) is 0 Å². The van der Waals surface area contributed by atoms with Crippen LogP contribution in [0.4, 0.5) is 5.95 Å². The molecule has 0 unspecified atom stereocenters. The van der Waals surface area contributed by atoms with E-state index >= 15 is 0 Å². The largest absolute Gasteiger partial charge is 0.338 e. The van der Waals surface area contributed by atoms with Crippen LogP contribution >= 0.6 is 0 Å². The summed E-state index contributed by atoms with van der Waals surface area (Å²) in [7, 11) is 2.06. The van der Waals surface area contributed by atoms with Gasteiger partial charge in [0.05, 0.1) is 0 Å². The maximum Gasteiger partial charge on any atom is 0.266 e. The molecule has 0 atom stereocenters. The predicted octanol–water partition coefficient (Wildman–Crippen LogP) is 2.13. The fraction of sp³-hybridized carbons (Fsp3) is 0.857. The highest BCUT2D eigenvalue weighted by molar-refractivity contribution is 5.29. The van der Waals surface area contributed by atoms with Crippen LogP contribution in [0, 0.1) is 0 Å². The van der Waals surface area contributed by atoms with Crippen molar-refractivity contribution in [2.45, 2.75) is 56.9 Å². The van der Waals surface area contributed by atoms with Gasteiger partial charge in [0.15, 0.2) is 0 Å². The Kier molecular flexibility index (Phi) is 3.73. The molecule has 2 heterocycles. The van der Waals surface area contributed by atoms with Crippen LogP contribution in [0.1, 0.15) is 50.8 Å². The molecule has 0 bridgehead atoms. The average molecular weight is 264 g/mol. The van der Waals surface area contributed by atoms with Crippen LogP contribution < -0.4 is 10.2 Å². The predicted molar refractivity (Wildman–Crippen MR) is 74.3 cm³/mol. The van der Waals surface area contributed by atoms with Gasteiger partial charge < -0.3 is 14.7 Å². The molecular formula is C14H24N4O. The molecule has 2 fully saturated rings. The number of nitrogens with zero attached hydrogens (tertiary/aromatic N) is 3. The third-order valence-corrected chi connectivity index (χ3v) is 4.68. The van der Waals surface area contributed by atoms with E-state index in [1.165, 1.54) is 44.9 Å². The van der Waals surface area contributed by atoms with E-state index in [2.05, 4.69) is 27.4 Å². The Balaban J connectivity index is 1.68. The number of nitrogens with one attached hydrogen (secondary N) is 1. The minimum Gasteiger partial charge on any atom is -0.338 e. The first-order valence-corrected chi connectivity index (χ1v) is 7.58. The van der Waals surface area contributed by atoms with Crippen molar-refractivity contribution >= 4 is 5.95 Å². The normalized spacial score (nSPS) is 22.9. The summed E-state index contributed by atoms with van der Waals surface area (Å²) < 4.78 is 5.46. The maximum absolute atomic E-state index is 5.46. The zero-order valence-corrected chi connectivity index (χ0v) is 11.8. The van der Waals surface area contributed by atoms with Crippen LogP contribution in [0.15, 0.2) is 4.52 Å². The number of aromatic nitrogens is 2. The molecule has 1 aromatic heterocycles. The summed E-state index contributed by atoms with van der Waals surface area (Å²) in [6, 6.07) is 0. The molecular weight excluding hydrogens is 240 g/mol. The Hall–Kier alpha value is -1.10. The van der Waals surface area contributed by atoms with Gasteiger partial charge in [0.2, 0.25) is 5.89 Å². The summed E-state index contributed by atoms with van der Waals surface area (Å²) in [6.45, 7) is 2.13. The topological polar surface area (TPSA) is 54.2 Å². The van der Waals surface area contributed by atoms with Crippen molar-refractivity contribution in [2.24, 2.45) is 0 Å². The van der Waals surface area contributed by atoms with Crippen LogP contribution in [0.25, 0.3) is 0 Å². The highest BCUT2D eigenvalue weighted by Crippen LogP contribution is 2.31. The Bertz CT molecular complexity index is 405. The highest BCUT2D eigenvalue weighted by Gasteiger charge is 2.33. The van der Waals surface area contributed by atoms with Crippen molar-refractivity contribution in [1.29, 1.82) is 0 Å². The van der Waals surface area contributed by atoms with Gasteiger partial charge in [0.25, 0.3) is 5.95 Å². The van der Waals surface area contributed by atoms with Gasteiger partial charge in [0, 0.05) is 25.0 Å². The summed E-state index contributed by atoms with van der Waals surface area (Å²) in [4.78, 5) is 6.81. The molecule has 1 saturated heterocycles. The van der Waals surface area contributed by atoms with E-state index in [9.17, 15) is 0 Å². The van der Waals surface area contributed by atoms with Gasteiger partial charge >= 0.3 is 0 Å². The third-order valence-electron chi connectivity index (χ3n) is 4.68. The molecule has 1 N–H and O–H groups in total. The molecule has 0 amide bonds. The molecule has 19 heavy (non-hydrogen) atoms. The molecule has 5 heteroatoms. The molecule has 0 radical (unpaired) electrons. The van der Waals surface area contributed by atoms with E-state index in [0.717, 1.165) is 31.3 Å². The lowest BCUT2D eigenvalue weighted by molar-refractivity contribution is 0.221. The number of hydrogen-bond acceptors (Lipinski definition) is 5. The van der Waals surface area contributed by atoms with Crippen molar-refractivity contribution in [3.63, 3.8) is 0 Å². The average Bonchev–Trinajstić information content (AvgIpc) is 3.10. The summed E-state index contributed by atoms with van der Waals surface area (Å²) in [5.41, 5.74) is 0.174. The first kappa shape index (κ1) is 12.9. The molecule has 0 spiro atoms. The maximum atomic E-state index is 5.46. The summed E-state index contributed by atoms with van der Waals surface area (Å²) >= 11 is 0. The first-order chi connectivity index (χ1) is 9.31. The van der Waals surface area contributed by atoms with Gasteiger partial charge in [-0.2, -0.15) is 4.98 Å². The van der Waals surface area contributed by atoms with Gasteiger partial charge in [-0.05, 0) is 37.9 Å². The second-order valence-electron chi connectivity index (χ2n) is 5.95. The molecule has 106 valence electrons. The van der Waals surface area contributed by atoms with Crippen molar-refractivity contribution < 1.29 is 4.52 Å². The van der Waals surface area contributed by atoms with Crippen LogP contribution in [0.2, 0.25) is 0 Å². The van der Waals surface area contributed by atoms with Crippen LogP contribution in [0.5, 0.6) is 0 Å². The number of hydrogen-bond donors (Lipinski definition) is 1. The number of anilines is 1. The quantitative estimate of drug-likeness (QED) is 0.903. The SMILES string of the molecule is CNC1(Cc2nc(N3CCCC3)no2)CCCCC1. The minimum absolute atomic E-state index is 0.174. The third kappa shape index (κ3) is 2.76. The van der Waals surface area contributed by atoms with Crippen LogP contribution in [-0.4, -0.2) is 35.8 Å². The molecule has 5 nitrogen and oxygen atoms in total. The van der Waals surface area contributed by atoms with E-state index in [1.807, 2.05) is 0 Å². The Labute approximate surface area is 114 Å². The molecule has 1 aliphatic heterocycles. The molecule has 1 saturated carbocycles. The first-order valence-electron chi connectivity index (χ1n) is 7.58. The summed E-state index contributed by atoms with van der Waals surface area (Å²) in [5, 5.41) is 7.64. The van der Waals surface area contributed by atoms with E-state index in [0.29, 0.717) is 0 Å². The van der Waals surface area contributed by atoms with Gasteiger partial charge in [-0.3, -0.25) is 0 Å². The van der Waals surface area contributed by atoms with E-state index in [-0.39, 0.29) is 5.54 Å². The Morgan fingerprint density at radius 2 is 1.89 bits per heavy atom. The number of likely N-dealkylation sites (N-methyl/N-ethyl adjacent to an activating group) is 1. The zero-order chi connectivity index (χ0) is 13.1. The molecule has 1 aromatic rings. The molecule has 1 aliphatic carbocycles. The second-order valence-corrected chi connectivity index (χ2v) is 5.95. The van der Waals surface area contributed by atoms with E-state index < -0.39 is 0 Å². The monoisotopic (exact) mass is 264 g/mol. The highest BCUT2D eigenvalue weighted by atomic mass is 16.5. The Morgan fingerprint density at radius 1 is 1.16 bits per heavy atom. The Morgan fingerprint density at radius 3 is 2.58 bits per heavy atom. The van der Waals surface area contributed by atoms with E-state index in [1.54, 1.807) is 0 Å². The molecule has 3 rings (SSSR count). The van der Waals surface area contributed by atoms with Crippen molar-refractivity contribution in [1.82, 2.24) is 15.5 Å². The summed E-state index contributed by atoms with van der Waals surface area (Å²) in [6.07, 6.45) is 9.73. The standard InChI is InChI=1S/C14H24N4O/c1-15-14(7-3-2-4-8-14)11-12-16-13(17-19-12)18-9-5-6-10-18/h15H,2-11H2,1H3. The van der Waals surface area contributed by atoms with Crippen LogP contribution in [0.3, 0.4) is 0 Å². The van der Waals surface area contributed by atoms with Gasteiger partial charge in [-0.15, -0.1) is 0 Å². The lowest BCUT2D eigenvalue weighted by Gasteiger charge is -2.36. The molecule has 2 aliphatic rings. The smallest absolute Gasteiger partial charge is 0.266 e. The lowest BCUT2D eigenvalue weighted by Crippen LogP contribution is -2.46. The van der Waals surface area contributed by atoms with Gasteiger partial charge in [-0.1, -0.05) is 19.3 Å². The summed E-state index contributed by atoms with van der Waals surface area (Å²) in [5.74, 6) is 1.58. The van der Waals surface area contributed by atoms with Crippen LogP contribution in [-0.2, 0) is 6.42 Å². The fourth-order valence-electron chi connectivity index (χ4n) is 3.40. The van der Waals surface area contributed by atoms with Crippen molar-refractivity contribution in [2.75, 3.05) is 25.0 Å². The van der Waals surface area contributed by atoms with E-state index in [4.69, 9.17) is 4.52 Å². The molecule has 0 aromatic carbocycles. The minimum atomic E-state index is 0.174. The number of rotatable bonds is 4. The van der Waals surface area contributed by atoms with Crippen molar-refractivity contribution in [3.05, 3.63) is 5.89 Å². The van der Waals surface area contributed by atoms with Gasteiger partial charge in [0.1, 0.15) is 0 Å².